The lowest BCUT2D eigenvalue weighted by atomic mass is 10.1. The SMILES string of the molecule is CCOC(=O)C1=NO[C@H](OCC)[C@@H](OC(C)=O)[C@H]1OC(C)=O. The molecule has 0 N–H and O–H groups in total. The maximum atomic E-state index is 11.9. The largest absolute Gasteiger partial charge is 0.461 e. The molecule has 1 rings (SSSR count). The van der Waals surface area contributed by atoms with Crippen LogP contribution in [-0.2, 0) is 38.2 Å². The van der Waals surface area contributed by atoms with Gasteiger partial charge in [0, 0.05) is 20.5 Å². The molecule has 0 fully saturated rings. The summed E-state index contributed by atoms with van der Waals surface area (Å²) < 4.78 is 20.2. The van der Waals surface area contributed by atoms with E-state index in [1.54, 1.807) is 13.8 Å². The summed E-state index contributed by atoms with van der Waals surface area (Å²) in [5.41, 5.74) is -0.306. The fourth-order valence-corrected chi connectivity index (χ4v) is 1.78. The molecule has 0 radical (unpaired) electrons. The van der Waals surface area contributed by atoms with Gasteiger partial charge in [0.2, 0.25) is 11.8 Å². The van der Waals surface area contributed by atoms with Gasteiger partial charge in [-0.25, -0.2) is 4.79 Å². The van der Waals surface area contributed by atoms with E-state index in [1.807, 2.05) is 0 Å². The van der Waals surface area contributed by atoms with E-state index >= 15 is 0 Å². The van der Waals surface area contributed by atoms with Gasteiger partial charge in [0.05, 0.1) is 6.61 Å². The minimum Gasteiger partial charge on any atom is -0.461 e. The van der Waals surface area contributed by atoms with Gasteiger partial charge in [0.1, 0.15) is 0 Å². The zero-order valence-electron chi connectivity index (χ0n) is 12.9. The second-order valence-corrected chi connectivity index (χ2v) is 4.23. The number of rotatable bonds is 6. The highest BCUT2D eigenvalue weighted by molar-refractivity contribution is 6.38. The maximum Gasteiger partial charge on any atom is 0.360 e. The molecular weight excluding hydrogens is 298 g/mol. The third-order valence-corrected chi connectivity index (χ3v) is 2.50. The van der Waals surface area contributed by atoms with Crippen LogP contribution < -0.4 is 0 Å². The number of carbonyl (C=O) groups excluding carboxylic acids is 3. The molecule has 1 aliphatic rings. The van der Waals surface area contributed by atoms with Crippen LogP contribution in [0.3, 0.4) is 0 Å². The van der Waals surface area contributed by atoms with E-state index in [0.29, 0.717) is 0 Å². The molecule has 9 heteroatoms. The first kappa shape index (κ1) is 17.9. The summed E-state index contributed by atoms with van der Waals surface area (Å²) in [5.74, 6) is -2.17. The Morgan fingerprint density at radius 3 is 2.23 bits per heavy atom. The summed E-state index contributed by atoms with van der Waals surface area (Å²) in [6.45, 7) is 5.95. The number of esters is 3. The van der Waals surface area contributed by atoms with Crippen molar-refractivity contribution in [3.8, 4) is 0 Å². The minimum absolute atomic E-state index is 0.0950. The molecule has 0 bridgehead atoms. The Kier molecular flexibility index (Phi) is 6.77. The Labute approximate surface area is 127 Å². The van der Waals surface area contributed by atoms with Gasteiger partial charge in [0.15, 0.2) is 6.10 Å². The normalized spacial score (nSPS) is 23.8. The molecule has 22 heavy (non-hydrogen) atoms. The van der Waals surface area contributed by atoms with Gasteiger partial charge in [-0.3, -0.25) is 9.59 Å². The second kappa shape index (κ2) is 8.32. The molecule has 3 atom stereocenters. The Balaban J connectivity index is 3.12. The zero-order chi connectivity index (χ0) is 16.7. The van der Waals surface area contributed by atoms with Crippen LogP contribution in [0, 0.1) is 0 Å². The van der Waals surface area contributed by atoms with Crippen LogP contribution in [0.25, 0.3) is 0 Å². The predicted molar refractivity (Wildman–Crippen MR) is 71.7 cm³/mol. The zero-order valence-corrected chi connectivity index (χ0v) is 12.9. The van der Waals surface area contributed by atoms with Gasteiger partial charge in [-0.15, -0.1) is 0 Å². The van der Waals surface area contributed by atoms with Crippen molar-refractivity contribution < 1.29 is 38.2 Å². The van der Waals surface area contributed by atoms with Gasteiger partial charge in [-0.05, 0) is 13.8 Å². The number of carbonyl (C=O) groups is 3. The summed E-state index contributed by atoms with van der Waals surface area (Å²) in [6.07, 6.45) is -3.54. The Bertz CT molecular complexity index is 461. The lowest BCUT2D eigenvalue weighted by Crippen LogP contribution is -2.54. The van der Waals surface area contributed by atoms with Crippen molar-refractivity contribution >= 4 is 23.6 Å². The average Bonchev–Trinajstić information content (AvgIpc) is 2.41. The Hall–Kier alpha value is -2.16. The summed E-state index contributed by atoms with van der Waals surface area (Å²) in [5, 5.41) is 3.59. The summed E-state index contributed by atoms with van der Waals surface area (Å²) >= 11 is 0. The van der Waals surface area contributed by atoms with E-state index in [0.717, 1.165) is 6.92 Å². The molecule has 0 unspecified atom stereocenters. The standard InChI is InChI=1S/C13H19NO8/c1-5-18-12(17)9-10(20-7(3)15)11(21-8(4)16)13(19-6-2)22-14-9/h10-11,13H,5-6H2,1-4H3/t10-,11-,13-/m0/s1. The van der Waals surface area contributed by atoms with E-state index < -0.39 is 36.4 Å². The van der Waals surface area contributed by atoms with Crippen molar-refractivity contribution in [2.75, 3.05) is 13.2 Å². The number of hydrogen-bond acceptors (Lipinski definition) is 9. The second-order valence-electron chi connectivity index (χ2n) is 4.23. The van der Waals surface area contributed by atoms with Crippen LogP contribution in [0.1, 0.15) is 27.7 Å². The van der Waals surface area contributed by atoms with Crippen LogP contribution in [0.2, 0.25) is 0 Å². The summed E-state index contributed by atoms with van der Waals surface area (Å²) in [7, 11) is 0. The molecule has 0 aromatic carbocycles. The first-order valence-corrected chi connectivity index (χ1v) is 6.77. The first-order valence-electron chi connectivity index (χ1n) is 6.77. The molecule has 0 spiro atoms. The third kappa shape index (κ3) is 4.69. The maximum absolute atomic E-state index is 11.9. The monoisotopic (exact) mass is 317 g/mol. The van der Waals surface area contributed by atoms with Crippen LogP contribution in [0.5, 0.6) is 0 Å². The van der Waals surface area contributed by atoms with Gasteiger partial charge < -0.3 is 23.8 Å². The quantitative estimate of drug-likeness (QED) is 0.503. The highest BCUT2D eigenvalue weighted by atomic mass is 16.8. The highest BCUT2D eigenvalue weighted by Gasteiger charge is 2.47. The molecule has 0 saturated carbocycles. The van der Waals surface area contributed by atoms with E-state index in [-0.39, 0.29) is 18.9 Å². The van der Waals surface area contributed by atoms with Crippen LogP contribution in [-0.4, -0.2) is 55.3 Å². The fourth-order valence-electron chi connectivity index (χ4n) is 1.78. The molecule has 0 aromatic heterocycles. The van der Waals surface area contributed by atoms with Gasteiger partial charge >= 0.3 is 17.9 Å². The van der Waals surface area contributed by atoms with Gasteiger partial charge in [-0.1, -0.05) is 5.16 Å². The molecule has 0 aromatic rings. The Morgan fingerprint density at radius 2 is 1.73 bits per heavy atom. The highest BCUT2D eigenvalue weighted by Crippen LogP contribution is 2.22. The lowest BCUT2D eigenvalue weighted by molar-refractivity contribution is -0.232. The van der Waals surface area contributed by atoms with E-state index in [4.69, 9.17) is 23.8 Å². The topological polar surface area (TPSA) is 110 Å². The van der Waals surface area contributed by atoms with Crippen molar-refractivity contribution in [2.24, 2.45) is 5.16 Å². The molecule has 0 aliphatic carbocycles. The number of ether oxygens (including phenoxy) is 4. The van der Waals surface area contributed by atoms with Crippen molar-refractivity contribution in [3.63, 3.8) is 0 Å². The lowest BCUT2D eigenvalue weighted by Gasteiger charge is -2.33. The summed E-state index contributed by atoms with van der Waals surface area (Å²) in [4.78, 5) is 39.4. The molecular formula is C13H19NO8. The molecule has 0 saturated heterocycles. The van der Waals surface area contributed by atoms with Crippen molar-refractivity contribution in [3.05, 3.63) is 0 Å². The van der Waals surface area contributed by atoms with E-state index in [1.165, 1.54) is 6.92 Å². The minimum atomic E-state index is -1.27. The molecule has 9 nitrogen and oxygen atoms in total. The smallest absolute Gasteiger partial charge is 0.360 e. The third-order valence-electron chi connectivity index (χ3n) is 2.50. The molecule has 1 aliphatic heterocycles. The van der Waals surface area contributed by atoms with E-state index in [9.17, 15) is 14.4 Å². The number of oxime groups is 1. The van der Waals surface area contributed by atoms with Crippen molar-refractivity contribution in [1.82, 2.24) is 0 Å². The molecule has 124 valence electrons. The number of hydrogen-bond donors (Lipinski definition) is 0. The number of nitrogens with zero attached hydrogens (tertiary/aromatic N) is 1. The van der Waals surface area contributed by atoms with Crippen LogP contribution >= 0.6 is 0 Å². The summed E-state index contributed by atoms with van der Waals surface area (Å²) in [6, 6.07) is 0. The van der Waals surface area contributed by atoms with Gasteiger partial charge in [-0.2, -0.15) is 0 Å². The molecule has 1 heterocycles. The van der Waals surface area contributed by atoms with Crippen LogP contribution in [0.4, 0.5) is 0 Å². The predicted octanol–water partition coefficient (Wildman–Crippen LogP) is 0.162. The first-order chi connectivity index (χ1) is 10.4. The van der Waals surface area contributed by atoms with Crippen LogP contribution in [0.15, 0.2) is 5.16 Å². The molecule has 0 amide bonds. The van der Waals surface area contributed by atoms with Gasteiger partial charge in [0.25, 0.3) is 6.29 Å². The Morgan fingerprint density at radius 1 is 1.09 bits per heavy atom. The average molecular weight is 317 g/mol. The van der Waals surface area contributed by atoms with Crippen molar-refractivity contribution in [2.45, 2.75) is 46.2 Å². The fraction of sp³-hybridized carbons (Fsp3) is 0.692. The van der Waals surface area contributed by atoms with E-state index in [2.05, 4.69) is 5.16 Å². The van der Waals surface area contributed by atoms with Crippen molar-refractivity contribution in [1.29, 1.82) is 0 Å².